The standard InChI is InChI=1S/C65H67N4O/c1-41(2)46-32-56(42(3)4)63(57(33-46)43(5)6)45-28-29-66-62(34-45)67-58-23-17-16-22-54(58)55-27-26-52(39-59(55)67)70-53-37-49(65(10,11)12)36-51(38-53)69-40-68(69,60-24-18-19-25-61(60)69)50-31-47(44-20-14-13-15-21-44)30-48(35-50)64(7,8)9/h13-43H,1-12H3/q+1/t68-,69?/m0/s1. The molecule has 7 aromatic carbocycles. The van der Waals surface area contributed by atoms with E-state index in [9.17, 15) is 0 Å². The Balaban J connectivity index is 1.04. The van der Waals surface area contributed by atoms with E-state index >= 15 is 0 Å². The Labute approximate surface area is 415 Å². The number of ether oxygens (including phenoxy) is 1. The van der Waals surface area contributed by atoms with Crippen molar-refractivity contribution in [2.75, 3.05) is 0 Å². The van der Waals surface area contributed by atoms with Crippen LogP contribution in [0.1, 0.15) is 129 Å². The number of quaternary nitrogens is 2. The molecule has 0 amide bonds. The Kier molecular flexibility index (Phi) is 10.7. The van der Waals surface area contributed by atoms with Crippen LogP contribution in [0.3, 0.4) is 0 Å². The number of nitrogens with zero attached hydrogens (tertiary/aromatic N) is 4. The molecule has 1 saturated heterocycles. The molecule has 5 nitrogen and oxygen atoms in total. The molecule has 0 radical (unpaired) electrons. The number of para-hydroxylation sites is 3. The summed E-state index contributed by atoms with van der Waals surface area (Å²) in [5, 5.41) is 2.35. The predicted octanol–water partition coefficient (Wildman–Crippen LogP) is 18.6. The van der Waals surface area contributed by atoms with Crippen LogP contribution in [-0.2, 0) is 10.8 Å². The van der Waals surface area contributed by atoms with Gasteiger partial charge in [-0.25, -0.2) is 4.98 Å². The molecule has 0 aliphatic carbocycles. The SMILES string of the molecule is CC(C)c1cc(C(C)C)c(-c2ccnc(-n3c4ccccc4c4ccc(Oc5cc(C(C)(C)C)cc([N+]67[CH-][N@+]6(c6cc(-c8ccccc8)cc(C(C)(C)C)c6)c6ccccc67)c5)cc43)c2)c(C(C)C)c1. The van der Waals surface area contributed by atoms with E-state index in [0.717, 1.165) is 33.7 Å². The maximum atomic E-state index is 7.14. The third-order valence-electron chi connectivity index (χ3n) is 15.1. The van der Waals surface area contributed by atoms with Gasteiger partial charge in [-0.05, 0) is 115 Å². The first kappa shape index (κ1) is 45.6. The van der Waals surface area contributed by atoms with Gasteiger partial charge in [0.15, 0.2) is 18.0 Å². The molecule has 70 heavy (non-hydrogen) atoms. The highest BCUT2D eigenvalue weighted by Gasteiger charge is 2.78. The fourth-order valence-corrected chi connectivity index (χ4v) is 11.1. The van der Waals surface area contributed by atoms with E-state index in [-0.39, 0.29) is 10.8 Å². The summed E-state index contributed by atoms with van der Waals surface area (Å²) in [6.45, 7) is 30.2. The first-order valence-electron chi connectivity index (χ1n) is 25.4. The molecule has 9 aromatic rings. The molecular formula is C65H67N4O+. The normalized spacial score (nSPS) is 17.6. The van der Waals surface area contributed by atoms with Crippen LogP contribution >= 0.6 is 0 Å². The molecule has 0 bridgehead atoms. The van der Waals surface area contributed by atoms with Crippen molar-refractivity contribution in [2.24, 2.45) is 0 Å². The molecule has 2 aliphatic rings. The molecule has 11 rings (SSSR count). The molecule has 1 fully saturated rings. The number of pyridine rings is 1. The average Bonchev–Trinajstić information content (AvgIpc) is 3.83. The van der Waals surface area contributed by atoms with E-state index in [4.69, 9.17) is 9.72 Å². The van der Waals surface area contributed by atoms with Gasteiger partial charge in [-0.15, -0.1) is 0 Å². The Morgan fingerprint density at radius 1 is 0.486 bits per heavy atom. The summed E-state index contributed by atoms with van der Waals surface area (Å²) < 4.78 is 10.7. The zero-order valence-electron chi connectivity index (χ0n) is 43.1. The second-order valence-electron chi connectivity index (χ2n) is 22.9. The number of benzene rings is 7. The number of hydrogen-bond acceptors (Lipinski definition) is 2. The van der Waals surface area contributed by atoms with Crippen LogP contribution in [0.15, 0.2) is 164 Å². The highest BCUT2D eigenvalue weighted by atomic mass is 16.5. The van der Waals surface area contributed by atoms with Crippen molar-refractivity contribution in [1.82, 2.24) is 18.7 Å². The van der Waals surface area contributed by atoms with Crippen LogP contribution in [-0.4, -0.2) is 9.55 Å². The second kappa shape index (κ2) is 16.4. The summed E-state index contributed by atoms with van der Waals surface area (Å²) in [7, 11) is 0. The Hall–Kier alpha value is -6.79. The van der Waals surface area contributed by atoms with Gasteiger partial charge in [0, 0.05) is 59.4 Å². The highest BCUT2D eigenvalue weighted by molar-refractivity contribution is 6.09. The number of aromatic nitrogens is 2. The fourth-order valence-electron chi connectivity index (χ4n) is 11.1. The summed E-state index contributed by atoms with van der Waals surface area (Å²) >= 11 is 0. The first-order chi connectivity index (χ1) is 33.4. The van der Waals surface area contributed by atoms with Gasteiger partial charge in [0.1, 0.15) is 17.3 Å². The van der Waals surface area contributed by atoms with E-state index in [1.165, 1.54) is 78.2 Å². The maximum Gasteiger partial charge on any atom is 0.225 e. The van der Waals surface area contributed by atoms with Gasteiger partial charge in [-0.3, -0.25) is 4.57 Å². The van der Waals surface area contributed by atoms with E-state index in [1.54, 1.807) is 0 Å². The summed E-state index contributed by atoms with van der Waals surface area (Å²) in [5.74, 6) is 3.67. The Morgan fingerprint density at radius 2 is 1.07 bits per heavy atom. The van der Waals surface area contributed by atoms with Gasteiger partial charge < -0.3 is 4.74 Å². The average molecular weight is 920 g/mol. The van der Waals surface area contributed by atoms with E-state index in [1.807, 2.05) is 6.20 Å². The van der Waals surface area contributed by atoms with Gasteiger partial charge in [0.25, 0.3) is 0 Å². The summed E-state index contributed by atoms with van der Waals surface area (Å²) in [4.78, 5) is 5.12. The van der Waals surface area contributed by atoms with Gasteiger partial charge in [0.2, 0.25) is 11.4 Å². The smallest absolute Gasteiger partial charge is 0.225 e. The van der Waals surface area contributed by atoms with E-state index in [0.29, 0.717) is 26.9 Å². The maximum absolute atomic E-state index is 7.14. The summed E-state index contributed by atoms with van der Waals surface area (Å²) in [6, 6.07) is 58.6. The molecule has 2 aromatic heterocycles. The zero-order chi connectivity index (χ0) is 49.1. The molecule has 2 aliphatic heterocycles. The monoisotopic (exact) mass is 920 g/mol. The quantitative estimate of drug-likeness (QED) is 0.0776. The molecular weight excluding hydrogens is 853 g/mol. The summed E-state index contributed by atoms with van der Waals surface area (Å²) in [6.07, 6.45) is 1.99. The van der Waals surface area contributed by atoms with Crippen molar-refractivity contribution in [3.63, 3.8) is 0 Å². The summed E-state index contributed by atoms with van der Waals surface area (Å²) in [5.41, 5.74) is 18.7. The van der Waals surface area contributed by atoms with Crippen molar-refractivity contribution >= 4 is 44.6 Å². The second-order valence-corrected chi connectivity index (χ2v) is 22.9. The first-order valence-corrected chi connectivity index (χ1v) is 25.4. The van der Waals surface area contributed by atoms with Crippen LogP contribution in [0.4, 0.5) is 22.7 Å². The van der Waals surface area contributed by atoms with Crippen molar-refractivity contribution < 1.29 is 4.74 Å². The van der Waals surface area contributed by atoms with Gasteiger partial charge >= 0.3 is 0 Å². The van der Waals surface area contributed by atoms with Crippen molar-refractivity contribution in [2.45, 2.75) is 112 Å². The van der Waals surface area contributed by atoms with Gasteiger partial charge in [-0.2, -0.15) is 9.18 Å². The number of fused-ring (bicyclic) bond motifs is 7. The third kappa shape index (κ3) is 7.23. The third-order valence-corrected chi connectivity index (χ3v) is 15.1. The predicted molar refractivity (Wildman–Crippen MR) is 296 cm³/mol. The molecule has 5 heteroatoms. The Bertz CT molecular complexity index is 3480. The van der Waals surface area contributed by atoms with Crippen LogP contribution < -0.4 is 13.9 Å². The minimum absolute atomic E-state index is 0.0407. The van der Waals surface area contributed by atoms with E-state index < -0.39 is 0 Å². The highest BCUT2D eigenvalue weighted by Crippen LogP contribution is 2.75. The molecule has 0 N–H and O–H groups in total. The lowest BCUT2D eigenvalue weighted by atomic mass is 9.82. The topological polar surface area (TPSA) is 27.1 Å². The molecule has 2 atom stereocenters. The minimum Gasteiger partial charge on any atom is -0.457 e. The van der Waals surface area contributed by atoms with Crippen molar-refractivity contribution in [1.29, 1.82) is 0 Å². The van der Waals surface area contributed by atoms with Gasteiger partial charge in [-0.1, -0.05) is 162 Å². The van der Waals surface area contributed by atoms with Crippen LogP contribution in [0.2, 0.25) is 0 Å². The zero-order valence-corrected chi connectivity index (χ0v) is 43.1. The van der Waals surface area contributed by atoms with Gasteiger partial charge in [0.05, 0.1) is 11.0 Å². The minimum atomic E-state index is -0.137. The Morgan fingerprint density at radius 3 is 1.70 bits per heavy atom. The lowest BCUT2D eigenvalue weighted by Gasteiger charge is -2.40. The number of rotatable bonds is 10. The molecule has 352 valence electrons. The fraction of sp³-hybridized carbons (Fsp3) is 0.262. The molecule has 1 unspecified atom stereocenters. The van der Waals surface area contributed by atoms with Crippen LogP contribution in [0.25, 0.3) is 49.9 Å². The lowest BCUT2D eigenvalue weighted by molar-refractivity contribution is 0.421. The number of hydrogen-bond donors (Lipinski definition) is 0. The van der Waals surface area contributed by atoms with Crippen molar-refractivity contribution in [3.8, 4) is 39.6 Å². The van der Waals surface area contributed by atoms with Crippen LogP contribution in [0.5, 0.6) is 11.5 Å². The van der Waals surface area contributed by atoms with Crippen molar-refractivity contribution in [3.05, 3.63) is 198 Å². The van der Waals surface area contributed by atoms with Crippen LogP contribution in [0, 0.1) is 6.67 Å². The molecule has 0 spiro atoms. The van der Waals surface area contributed by atoms with E-state index in [2.05, 4.69) is 252 Å². The largest absolute Gasteiger partial charge is 0.457 e. The lowest BCUT2D eigenvalue weighted by Crippen LogP contribution is -2.46. The molecule has 4 heterocycles. The molecule has 0 saturated carbocycles.